The molecule has 0 unspecified atom stereocenters. The molecule has 0 aliphatic rings. The van der Waals surface area contributed by atoms with Crippen molar-refractivity contribution in [1.29, 1.82) is 0 Å². The van der Waals surface area contributed by atoms with Gasteiger partial charge in [-0.25, -0.2) is 0 Å². The van der Waals surface area contributed by atoms with E-state index in [-0.39, 0.29) is 0 Å². The molecule has 0 saturated heterocycles. The number of rotatable bonds is 6. The van der Waals surface area contributed by atoms with Gasteiger partial charge in [0.05, 0.1) is 27.6 Å². The van der Waals surface area contributed by atoms with Crippen molar-refractivity contribution in [2.45, 2.75) is 0 Å². The molecule has 0 N–H and O–H groups in total. The lowest BCUT2D eigenvalue weighted by Gasteiger charge is -2.26. The molecule has 11 rings (SSSR count). The fourth-order valence-electron chi connectivity index (χ4n) is 8.49. The van der Waals surface area contributed by atoms with E-state index in [2.05, 4.69) is 225 Å². The minimum Gasteiger partial charge on any atom is -0.316 e. The van der Waals surface area contributed by atoms with Crippen LogP contribution in [0.5, 0.6) is 0 Å². The molecule has 0 radical (unpaired) electrons. The van der Waals surface area contributed by atoms with E-state index in [0.29, 0.717) is 0 Å². The zero-order chi connectivity index (χ0) is 35.6. The van der Waals surface area contributed by atoms with Crippen LogP contribution in [0.2, 0.25) is 0 Å². The van der Waals surface area contributed by atoms with Gasteiger partial charge in [0.25, 0.3) is 0 Å². The molecular weight excluding hydrogens is 657 g/mol. The Morgan fingerprint density at radius 1 is 0.296 bits per heavy atom. The number of hydrogen-bond acceptors (Lipinski definition) is 1. The van der Waals surface area contributed by atoms with Gasteiger partial charge in [0.15, 0.2) is 0 Å². The average Bonchev–Trinajstić information content (AvgIpc) is 3.92. The number of nitrogens with zero attached hydrogens (tertiary/aromatic N) is 4. The molecule has 254 valence electrons. The quantitative estimate of drug-likeness (QED) is 0.170. The maximum Gasteiger partial charge on any atom is 0.0635 e. The van der Waals surface area contributed by atoms with Gasteiger partial charge < -0.3 is 18.6 Å². The van der Waals surface area contributed by atoms with Gasteiger partial charge in [0, 0.05) is 67.3 Å². The smallest absolute Gasteiger partial charge is 0.0635 e. The SMILES string of the molecule is c1ccc(N(c2ccc3c(c2)c2ccccc2n3-c2ccccc2)c2ccc3c(c2)c2ccc4c(ccn4-c4ccccc4)c2n3-c2ccccc2)cc1. The first-order chi connectivity index (χ1) is 26.8. The van der Waals surface area contributed by atoms with E-state index in [0.717, 1.165) is 34.1 Å². The molecule has 0 atom stereocenters. The van der Waals surface area contributed by atoms with Crippen molar-refractivity contribution in [3.05, 3.63) is 206 Å². The van der Waals surface area contributed by atoms with Gasteiger partial charge in [-0.05, 0) is 103 Å². The van der Waals surface area contributed by atoms with Gasteiger partial charge in [0.2, 0.25) is 0 Å². The Hall–Kier alpha value is -7.30. The molecule has 0 spiro atoms. The highest BCUT2D eigenvalue weighted by atomic mass is 15.1. The first-order valence-corrected chi connectivity index (χ1v) is 18.4. The second-order valence-electron chi connectivity index (χ2n) is 13.8. The van der Waals surface area contributed by atoms with Crippen LogP contribution in [0.1, 0.15) is 0 Å². The zero-order valence-corrected chi connectivity index (χ0v) is 29.4. The summed E-state index contributed by atoms with van der Waals surface area (Å²) in [7, 11) is 0. The minimum absolute atomic E-state index is 1.11. The predicted molar refractivity (Wildman–Crippen MR) is 227 cm³/mol. The van der Waals surface area contributed by atoms with Crippen LogP contribution in [0.25, 0.3) is 71.6 Å². The Labute approximate surface area is 312 Å². The molecule has 0 bridgehead atoms. The number of hydrogen-bond donors (Lipinski definition) is 0. The van der Waals surface area contributed by atoms with Gasteiger partial charge >= 0.3 is 0 Å². The second-order valence-corrected chi connectivity index (χ2v) is 13.8. The van der Waals surface area contributed by atoms with E-state index in [4.69, 9.17) is 0 Å². The highest BCUT2D eigenvalue weighted by Crippen LogP contribution is 2.43. The van der Waals surface area contributed by atoms with Crippen LogP contribution < -0.4 is 4.90 Å². The molecule has 3 heterocycles. The first kappa shape index (κ1) is 30.3. The lowest BCUT2D eigenvalue weighted by atomic mass is 10.1. The van der Waals surface area contributed by atoms with Crippen LogP contribution in [0.15, 0.2) is 206 Å². The van der Waals surface area contributed by atoms with Gasteiger partial charge in [-0.2, -0.15) is 0 Å². The highest BCUT2D eigenvalue weighted by molar-refractivity contribution is 6.19. The number of anilines is 3. The largest absolute Gasteiger partial charge is 0.316 e. The van der Waals surface area contributed by atoms with Gasteiger partial charge in [0.1, 0.15) is 0 Å². The fourth-order valence-corrected chi connectivity index (χ4v) is 8.49. The Balaban J connectivity index is 1.15. The summed E-state index contributed by atoms with van der Waals surface area (Å²) < 4.78 is 7.09. The molecule has 0 saturated carbocycles. The van der Waals surface area contributed by atoms with E-state index in [1.54, 1.807) is 0 Å². The molecular formula is C50H34N4. The summed E-state index contributed by atoms with van der Waals surface area (Å²) in [5, 5.41) is 6.11. The summed E-state index contributed by atoms with van der Waals surface area (Å²) in [5.74, 6) is 0. The molecule has 0 aliphatic carbocycles. The summed E-state index contributed by atoms with van der Waals surface area (Å²) in [6.45, 7) is 0. The maximum absolute atomic E-state index is 2.43. The molecule has 4 heteroatoms. The van der Waals surface area contributed by atoms with Crippen molar-refractivity contribution < 1.29 is 0 Å². The van der Waals surface area contributed by atoms with E-state index in [1.807, 2.05) is 0 Å². The average molecular weight is 691 g/mol. The predicted octanol–water partition coefficient (Wildman–Crippen LogP) is 13.3. The van der Waals surface area contributed by atoms with Crippen LogP contribution in [-0.4, -0.2) is 13.7 Å². The third-order valence-electron chi connectivity index (χ3n) is 10.8. The number of benzene rings is 8. The molecule has 11 aromatic rings. The van der Waals surface area contributed by atoms with E-state index < -0.39 is 0 Å². The van der Waals surface area contributed by atoms with Crippen LogP contribution in [0.3, 0.4) is 0 Å². The first-order valence-electron chi connectivity index (χ1n) is 18.4. The second kappa shape index (κ2) is 12.1. The molecule has 0 fully saturated rings. The monoisotopic (exact) mass is 690 g/mol. The van der Waals surface area contributed by atoms with Crippen molar-refractivity contribution in [3.8, 4) is 17.1 Å². The third kappa shape index (κ3) is 4.64. The molecule has 4 nitrogen and oxygen atoms in total. The highest BCUT2D eigenvalue weighted by Gasteiger charge is 2.21. The van der Waals surface area contributed by atoms with Gasteiger partial charge in [-0.3, -0.25) is 0 Å². The van der Waals surface area contributed by atoms with E-state index in [1.165, 1.54) is 54.5 Å². The maximum atomic E-state index is 2.43. The van der Waals surface area contributed by atoms with Gasteiger partial charge in [-0.15, -0.1) is 0 Å². The number of aromatic nitrogens is 3. The lowest BCUT2D eigenvalue weighted by molar-refractivity contribution is 1.13. The summed E-state index contributed by atoms with van der Waals surface area (Å²) in [6, 6.07) is 72.1. The summed E-state index contributed by atoms with van der Waals surface area (Å²) in [4.78, 5) is 2.39. The standard InChI is InChI=1S/C50H34N4/c1-5-15-35(16-6-1)51-32-31-43-46(51)30-27-42-45-34-40(26-29-49(45)54(50(42)43)38-21-11-4-12-22-38)52(36-17-7-2-8-18-36)39-25-28-48-44(33-39)41-23-13-14-24-47(41)53(48)37-19-9-3-10-20-37/h1-34H. The third-order valence-corrected chi connectivity index (χ3v) is 10.8. The van der Waals surface area contributed by atoms with E-state index >= 15 is 0 Å². The van der Waals surface area contributed by atoms with E-state index in [9.17, 15) is 0 Å². The molecule has 8 aromatic carbocycles. The van der Waals surface area contributed by atoms with Crippen LogP contribution in [0.4, 0.5) is 17.1 Å². The van der Waals surface area contributed by atoms with Crippen LogP contribution >= 0.6 is 0 Å². The van der Waals surface area contributed by atoms with Gasteiger partial charge in [-0.1, -0.05) is 97.1 Å². The lowest BCUT2D eigenvalue weighted by Crippen LogP contribution is -2.09. The summed E-state index contributed by atoms with van der Waals surface area (Å²) in [5.41, 5.74) is 12.7. The number of fused-ring (bicyclic) bond motifs is 8. The minimum atomic E-state index is 1.11. The normalized spacial score (nSPS) is 11.7. The Bertz CT molecular complexity index is 3140. The summed E-state index contributed by atoms with van der Waals surface area (Å²) in [6.07, 6.45) is 2.19. The molecule has 54 heavy (non-hydrogen) atoms. The zero-order valence-electron chi connectivity index (χ0n) is 29.4. The van der Waals surface area contributed by atoms with Crippen LogP contribution in [-0.2, 0) is 0 Å². The van der Waals surface area contributed by atoms with Crippen molar-refractivity contribution >= 4 is 71.6 Å². The summed E-state index contributed by atoms with van der Waals surface area (Å²) >= 11 is 0. The van der Waals surface area contributed by atoms with Crippen molar-refractivity contribution in [2.75, 3.05) is 4.90 Å². The number of para-hydroxylation sites is 5. The Morgan fingerprint density at radius 2 is 0.796 bits per heavy atom. The Morgan fingerprint density at radius 3 is 1.46 bits per heavy atom. The Kier molecular flexibility index (Phi) is 6.82. The fraction of sp³-hybridized carbons (Fsp3) is 0. The molecule has 0 aliphatic heterocycles. The van der Waals surface area contributed by atoms with Crippen molar-refractivity contribution in [3.63, 3.8) is 0 Å². The molecule has 3 aromatic heterocycles. The van der Waals surface area contributed by atoms with Crippen molar-refractivity contribution in [2.24, 2.45) is 0 Å². The van der Waals surface area contributed by atoms with Crippen LogP contribution in [0, 0.1) is 0 Å². The van der Waals surface area contributed by atoms with Crippen molar-refractivity contribution in [1.82, 2.24) is 13.7 Å². The topological polar surface area (TPSA) is 18.0 Å². The molecule has 0 amide bonds.